The Morgan fingerprint density at radius 2 is 1.85 bits per heavy atom. The van der Waals surface area contributed by atoms with Gasteiger partial charge in [-0.3, -0.25) is 0 Å². The van der Waals surface area contributed by atoms with Crippen LogP contribution in [0.15, 0.2) is 18.2 Å². The molecule has 0 spiro atoms. The SMILES string of the molecule is C[C@@](N)(C#N)c1c(F)cccc1F. The number of benzene rings is 1. The first-order chi connectivity index (χ1) is 5.99. The van der Waals surface area contributed by atoms with E-state index in [0.29, 0.717) is 0 Å². The van der Waals surface area contributed by atoms with E-state index in [-0.39, 0.29) is 0 Å². The highest BCUT2D eigenvalue weighted by atomic mass is 19.1. The second kappa shape index (κ2) is 3.11. The van der Waals surface area contributed by atoms with Crippen LogP contribution in [0.25, 0.3) is 0 Å². The second-order valence-corrected chi connectivity index (χ2v) is 2.91. The van der Waals surface area contributed by atoms with Crippen LogP contribution in [0.2, 0.25) is 0 Å². The van der Waals surface area contributed by atoms with Gasteiger partial charge in [0.15, 0.2) is 0 Å². The number of halogens is 2. The molecule has 2 N–H and O–H groups in total. The quantitative estimate of drug-likeness (QED) is 0.718. The van der Waals surface area contributed by atoms with Gasteiger partial charge in [-0.15, -0.1) is 0 Å². The van der Waals surface area contributed by atoms with E-state index in [0.717, 1.165) is 12.1 Å². The third-order valence-electron chi connectivity index (χ3n) is 1.71. The minimum absolute atomic E-state index is 0.391. The fourth-order valence-corrected chi connectivity index (χ4v) is 1.05. The molecular formula is C9H8F2N2. The summed E-state index contributed by atoms with van der Waals surface area (Å²) in [6.45, 7) is 1.26. The van der Waals surface area contributed by atoms with Crippen LogP contribution < -0.4 is 5.73 Å². The molecule has 0 amide bonds. The van der Waals surface area contributed by atoms with Crippen LogP contribution in [0.4, 0.5) is 8.78 Å². The van der Waals surface area contributed by atoms with Gasteiger partial charge in [0, 0.05) is 0 Å². The van der Waals surface area contributed by atoms with Crippen LogP contribution in [0.5, 0.6) is 0 Å². The van der Waals surface area contributed by atoms with Gasteiger partial charge >= 0.3 is 0 Å². The van der Waals surface area contributed by atoms with Crippen molar-refractivity contribution >= 4 is 0 Å². The van der Waals surface area contributed by atoms with Gasteiger partial charge in [-0.25, -0.2) is 8.78 Å². The molecule has 0 aliphatic rings. The number of hydrogen-bond acceptors (Lipinski definition) is 2. The van der Waals surface area contributed by atoms with Crippen molar-refractivity contribution in [3.63, 3.8) is 0 Å². The monoisotopic (exact) mass is 182 g/mol. The Bertz CT molecular complexity index is 346. The first-order valence-corrected chi connectivity index (χ1v) is 3.63. The van der Waals surface area contributed by atoms with Crippen LogP contribution in [-0.4, -0.2) is 0 Å². The molecule has 0 fully saturated rings. The summed E-state index contributed by atoms with van der Waals surface area (Å²) in [5, 5.41) is 8.59. The van der Waals surface area contributed by atoms with Gasteiger partial charge in [-0.05, 0) is 19.1 Å². The number of nitriles is 1. The molecule has 0 heterocycles. The molecule has 1 aromatic carbocycles. The third-order valence-corrected chi connectivity index (χ3v) is 1.71. The van der Waals surface area contributed by atoms with Gasteiger partial charge in [0.2, 0.25) is 0 Å². The first kappa shape index (κ1) is 9.62. The highest BCUT2D eigenvalue weighted by molar-refractivity contribution is 5.32. The Labute approximate surface area is 74.6 Å². The molecule has 0 aromatic heterocycles. The van der Waals surface area contributed by atoms with Crippen molar-refractivity contribution in [2.75, 3.05) is 0 Å². The Morgan fingerprint density at radius 3 is 2.23 bits per heavy atom. The molecule has 4 heteroatoms. The van der Waals surface area contributed by atoms with Crippen molar-refractivity contribution in [1.82, 2.24) is 0 Å². The lowest BCUT2D eigenvalue weighted by Crippen LogP contribution is -2.33. The predicted molar refractivity (Wildman–Crippen MR) is 43.5 cm³/mol. The Hall–Kier alpha value is -1.47. The van der Waals surface area contributed by atoms with E-state index in [1.165, 1.54) is 13.0 Å². The smallest absolute Gasteiger partial charge is 0.132 e. The zero-order chi connectivity index (χ0) is 10.1. The van der Waals surface area contributed by atoms with Gasteiger partial charge in [-0.1, -0.05) is 6.07 Å². The fourth-order valence-electron chi connectivity index (χ4n) is 1.05. The molecule has 1 rings (SSSR count). The summed E-state index contributed by atoms with van der Waals surface area (Å²) in [7, 11) is 0. The van der Waals surface area contributed by atoms with E-state index in [2.05, 4.69) is 0 Å². The van der Waals surface area contributed by atoms with E-state index in [4.69, 9.17) is 11.0 Å². The van der Waals surface area contributed by atoms with Gasteiger partial charge in [-0.2, -0.15) is 5.26 Å². The third kappa shape index (κ3) is 1.65. The largest absolute Gasteiger partial charge is 0.310 e. The molecule has 0 unspecified atom stereocenters. The van der Waals surface area contributed by atoms with E-state index in [1.54, 1.807) is 6.07 Å². The molecule has 0 aliphatic carbocycles. The summed E-state index contributed by atoms with van der Waals surface area (Å²) in [6, 6.07) is 5.00. The lowest BCUT2D eigenvalue weighted by molar-refractivity contribution is 0.498. The normalized spacial score (nSPS) is 14.7. The maximum Gasteiger partial charge on any atom is 0.132 e. The van der Waals surface area contributed by atoms with Crippen molar-refractivity contribution < 1.29 is 8.78 Å². The molecule has 0 saturated carbocycles. The highest BCUT2D eigenvalue weighted by Gasteiger charge is 2.27. The van der Waals surface area contributed by atoms with Gasteiger partial charge in [0.25, 0.3) is 0 Å². The minimum Gasteiger partial charge on any atom is -0.310 e. The summed E-state index contributed by atoms with van der Waals surface area (Å²) in [5.41, 5.74) is 3.38. The summed E-state index contributed by atoms with van der Waals surface area (Å²) in [5.74, 6) is -1.60. The summed E-state index contributed by atoms with van der Waals surface area (Å²) >= 11 is 0. The highest BCUT2D eigenvalue weighted by Crippen LogP contribution is 2.23. The van der Waals surface area contributed by atoms with Crippen molar-refractivity contribution in [2.45, 2.75) is 12.5 Å². The van der Waals surface area contributed by atoms with Gasteiger partial charge in [0.1, 0.15) is 17.2 Å². The zero-order valence-corrected chi connectivity index (χ0v) is 7.01. The van der Waals surface area contributed by atoms with E-state index >= 15 is 0 Å². The summed E-state index contributed by atoms with van der Waals surface area (Å²) in [6.07, 6.45) is 0. The van der Waals surface area contributed by atoms with E-state index < -0.39 is 22.7 Å². The predicted octanol–water partition coefficient (Wildman–Crippen LogP) is 1.66. The Kier molecular flexibility index (Phi) is 2.30. The van der Waals surface area contributed by atoms with Crippen LogP contribution in [0.3, 0.4) is 0 Å². The number of rotatable bonds is 1. The molecule has 1 aromatic rings. The molecule has 2 nitrogen and oxygen atoms in total. The Balaban J connectivity index is 3.38. The Morgan fingerprint density at radius 1 is 1.38 bits per heavy atom. The number of hydrogen-bond donors (Lipinski definition) is 1. The van der Waals surface area contributed by atoms with Crippen LogP contribution >= 0.6 is 0 Å². The van der Waals surface area contributed by atoms with Crippen LogP contribution in [0.1, 0.15) is 12.5 Å². The average Bonchev–Trinajstić information content (AvgIpc) is 2.03. The molecule has 0 radical (unpaired) electrons. The average molecular weight is 182 g/mol. The molecular weight excluding hydrogens is 174 g/mol. The van der Waals surface area contributed by atoms with Gasteiger partial charge in [0.05, 0.1) is 11.6 Å². The van der Waals surface area contributed by atoms with Crippen molar-refractivity contribution in [1.29, 1.82) is 5.26 Å². The van der Waals surface area contributed by atoms with E-state index in [9.17, 15) is 8.78 Å². The molecule has 68 valence electrons. The molecule has 13 heavy (non-hydrogen) atoms. The lowest BCUT2D eigenvalue weighted by atomic mass is 9.94. The van der Waals surface area contributed by atoms with Crippen LogP contribution in [-0.2, 0) is 5.54 Å². The maximum atomic E-state index is 13.1. The minimum atomic E-state index is -1.63. The van der Waals surface area contributed by atoms with Crippen molar-refractivity contribution in [2.24, 2.45) is 5.73 Å². The molecule has 0 saturated heterocycles. The lowest BCUT2D eigenvalue weighted by Gasteiger charge is -2.16. The molecule has 0 bridgehead atoms. The number of nitrogens with zero attached hydrogens (tertiary/aromatic N) is 1. The van der Waals surface area contributed by atoms with Gasteiger partial charge < -0.3 is 5.73 Å². The standard InChI is InChI=1S/C9H8F2N2/c1-9(13,5-12)8-6(10)3-2-4-7(8)11/h2-4H,13H2,1H3/t9-/m1/s1. The summed E-state index contributed by atoms with van der Waals surface area (Å²) in [4.78, 5) is 0. The molecule has 0 aliphatic heterocycles. The molecule has 1 atom stereocenters. The fraction of sp³-hybridized carbons (Fsp3) is 0.222. The first-order valence-electron chi connectivity index (χ1n) is 3.63. The zero-order valence-electron chi connectivity index (χ0n) is 7.01. The maximum absolute atomic E-state index is 13.1. The summed E-state index contributed by atoms with van der Waals surface area (Å²) < 4.78 is 26.1. The second-order valence-electron chi connectivity index (χ2n) is 2.91. The van der Waals surface area contributed by atoms with Crippen molar-refractivity contribution in [3.8, 4) is 6.07 Å². The van der Waals surface area contributed by atoms with E-state index in [1.807, 2.05) is 0 Å². The topological polar surface area (TPSA) is 49.8 Å². The van der Waals surface area contributed by atoms with Crippen LogP contribution in [0, 0.1) is 23.0 Å². The number of nitrogens with two attached hydrogens (primary N) is 1. The van der Waals surface area contributed by atoms with Crippen molar-refractivity contribution in [3.05, 3.63) is 35.4 Å².